The number of carbonyl (C=O) groups is 1. The molecule has 1 fully saturated rings. The van der Waals surface area contributed by atoms with Gasteiger partial charge in [-0.25, -0.2) is 14.6 Å². The van der Waals surface area contributed by atoms with E-state index in [4.69, 9.17) is 4.74 Å². The largest absolute Gasteiger partial charge is 0.472 e. The van der Waals surface area contributed by atoms with Crippen LogP contribution in [0.2, 0.25) is 0 Å². The van der Waals surface area contributed by atoms with Crippen molar-refractivity contribution < 1.29 is 9.53 Å². The molecule has 3 rings (SSSR count). The zero-order valence-electron chi connectivity index (χ0n) is 11.2. The van der Waals surface area contributed by atoms with Crippen molar-refractivity contribution in [3.05, 3.63) is 35.5 Å². The van der Waals surface area contributed by atoms with Crippen LogP contribution in [0.1, 0.15) is 6.42 Å². The molecule has 8 heteroatoms. The van der Waals surface area contributed by atoms with Gasteiger partial charge in [0, 0.05) is 29.7 Å². The molecule has 0 aliphatic carbocycles. The zero-order chi connectivity index (χ0) is 14.7. The Balaban J connectivity index is 1.53. The number of halogens is 1. The van der Waals surface area contributed by atoms with Gasteiger partial charge < -0.3 is 9.64 Å². The third-order valence-corrected chi connectivity index (χ3v) is 3.72. The molecule has 1 amide bonds. The smallest absolute Gasteiger partial charge is 0.244 e. The maximum atomic E-state index is 12.1. The number of aromatic nitrogens is 4. The van der Waals surface area contributed by atoms with E-state index in [1.807, 2.05) is 12.1 Å². The summed E-state index contributed by atoms with van der Waals surface area (Å²) < 4.78 is 8.21. The van der Waals surface area contributed by atoms with Crippen LogP contribution in [-0.4, -0.2) is 49.7 Å². The van der Waals surface area contributed by atoms with Gasteiger partial charge in [-0.15, -0.1) is 0 Å². The number of nitrogens with zero attached hydrogens (tertiary/aromatic N) is 5. The SMILES string of the molecule is O=C(Cn1cncn1)N1CCC(Oc2ccc(Br)cn2)C1. The van der Waals surface area contributed by atoms with E-state index in [9.17, 15) is 4.79 Å². The van der Waals surface area contributed by atoms with E-state index in [1.165, 1.54) is 17.3 Å². The summed E-state index contributed by atoms with van der Waals surface area (Å²) in [5.41, 5.74) is 0. The highest BCUT2D eigenvalue weighted by atomic mass is 79.9. The molecule has 0 N–H and O–H groups in total. The van der Waals surface area contributed by atoms with Crippen LogP contribution in [0, 0.1) is 0 Å². The molecule has 3 heterocycles. The average molecular weight is 352 g/mol. The van der Waals surface area contributed by atoms with Crippen LogP contribution in [0.4, 0.5) is 0 Å². The zero-order valence-corrected chi connectivity index (χ0v) is 12.8. The number of hydrogen-bond donors (Lipinski definition) is 0. The highest BCUT2D eigenvalue weighted by Crippen LogP contribution is 2.18. The third-order valence-electron chi connectivity index (χ3n) is 3.25. The first kappa shape index (κ1) is 14.0. The molecule has 0 radical (unpaired) electrons. The van der Waals surface area contributed by atoms with Gasteiger partial charge in [0.1, 0.15) is 25.3 Å². The predicted molar refractivity (Wildman–Crippen MR) is 77.6 cm³/mol. The Kier molecular flexibility index (Phi) is 4.14. The van der Waals surface area contributed by atoms with Crippen molar-refractivity contribution in [2.45, 2.75) is 19.1 Å². The van der Waals surface area contributed by atoms with Crippen LogP contribution in [-0.2, 0) is 11.3 Å². The summed E-state index contributed by atoms with van der Waals surface area (Å²) >= 11 is 3.33. The lowest BCUT2D eigenvalue weighted by Crippen LogP contribution is -2.33. The normalized spacial score (nSPS) is 18.0. The van der Waals surface area contributed by atoms with Crippen LogP contribution in [0.3, 0.4) is 0 Å². The fourth-order valence-corrected chi connectivity index (χ4v) is 2.44. The molecule has 1 atom stereocenters. The van der Waals surface area contributed by atoms with E-state index in [0.717, 1.165) is 10.9 Å². The molecule has 0 aromatic carbocycles. The molecule has 1 saturated heterocycles. The molecule has 0 saturated carbocycles. The maximum Gasteiger partial charge on any atom is 0.244 e. The van der Waals surface area contributed by atoms with Gasteiger partial charge in [0.2, 0.25) is 11.8 Å². The molecule has 110 valence electrons. The quantitative estimate of drug-likeness (QED) is 0.825. The lowest BCUT2D eigenvalue weighted by atomic mass is 10.3. The first-order valence-electron chi connectivity index (χ1n) is 6.59. The lowest BCUT2D eigenvalue weighted by Gasteiger charge is -2.16. The van der Waals surface area contributed by atoms with E-state index in [0.29, 0.717) is 19.0 Å². The molecule has 0 bridgehead atoms. The fourth-order valence-electron chi connectivity index (χ4n) is 2.21. The molecule has 1 aliphatic heterocycles. The topological polar surface area (TPSA) is 73.1 Å². The second-order valence-corrected chi connectivity index (χ2v) is 5.69. The Labute approximate surface area is 130 Å². The fraction of sp³-hybridized carbons (Fsp3) is 0.385. The van der Waals surface area contributed by atoms with Crippen molar-refractivity contribution in [3.8, 4) is 5.88 Å². The monoisotopic (exact) mass is 351 g/mol. The molecular formula is C13H14BrN5O2. The lowest BCUT2D eigenvalue weighted by molar-refractivity contribution is -0.131. The van der Waals surface area contributed by atoms with Crippen LogP contribution in [0.5, 0.6) is 5.88 Å². The van der Waals surface area contributed by atoms with Crippen molar-refractivity contribution in [1.82, 2.24) is 24.6 Å². The number of amides is 1. The van der Waals surface area contributed by atoms with Crippen molar-refractivity contribution >= 4 is 21.8 Å². The van der Waals surface area contributed by atoms with Gasteiger partial charge in [0.05, 0.1) is 6.54 Å². The van der Waals surface area contributed by atoms with Crippen LogP contribution < -0.4 is 4.74 Å². The molecular weight excluding hydrogens is 338 g/mol. The van der Waals surface area contributed by atoms with Crippen molar-refractivity contribution in [2.75, 3.05) is 13.1 Å². The highest BCUT2D eigenvalue weighted by Gasteiger charge is 2.27. The Hall–Kier alpha value is -1.96. The summed E-state index contributed by atoms with van der Waals surface area (Å²) in [6.07, 6.45) is 5.44. The van der Waals surface area contributed by atoms with Crippen molar-refractivity contribution in [1.29, 1.82) is 0 Å². The van der Waals surface area contributed by atoms with Gasteiger partial charge >= 0.3 is 0 Å². The Morgan fingerprint density at radius 1 is 1.48 bits per heavy atom. The average Bonchev–Trinajstić information content (AvgIpc) is 3.13. The highest BCUT2D eigenvalue weighted by molar-refractivity contribution is 9.10. The van der Waals surface area contributed by atoms with Gasteiger partial charge in [0.15, 0.2) is 0 Å². The van der Waals surface area contributed by atoms with Gasteiger partial charge in [-0.1, -0.05) is 0 Å². The second kappa shape index (κ2) is 6.21. The first-order valence-corrected chi connectivity index (χ1v) is 7.38. The van der Waals surface area contributed by atoms with E-state index in [1.54, 1.807) is 11.1 Å². The van der Waals surface area contributed by atoms with Crippen molar-refractivity contribution in [3.63, 3.8) is 0 Å². The van der Waals surface area contributed by atoms with Crippen molar-refractivity contribution in [2.24, 2.45) is 0 Å². The number of rotatable bonds is 4. The summed E-state index contributed by atoms with van der Waals surface area (Å²) in [5.74, 6) is 0.601. The van der Waals surface area contributed by atoms with E-state index >= 15 is 0 Å². The molecule has 2 aromatic rings. The van der Waals surface area contributed by atoms with Gasteiger partial charge in [-0.05, 0) is 22.0 Å². The number of carbonyl (C=O) groups excluding carboxylic acids is 1. The van der Waals surface area contributed by atoms with Gasteiger partial charge in [0.25, 0.3) is 0 Å². The van der Waals surface area contributed by atoms with E-state index in [2.05, 4.69) is 31.0 Å². The number of ether oxygens (including phenoxy) is 1. The Bertz CT molecular complexity index is 602. The number of hydrogen-bond acceptors (Lipinski definition) is 5. The van der Waals surface area contributed by atoms with Crippen LogP contribution in [0.25, 0.3) is 0 Å². The summed E-state index contributed by atoms with van der Waals surface area (Å²) in [7, 11) is 0. The molecule has 0 spiro atoms. The standard InChI is InChI=1S/C13H14BrN5O2/c14-10-1-2-12(16-5-10)21-11-3-4-18(6-11)13(20)7-19-9-15-8-17-19/h1-2,5,8-9,11H,3-4,6-7H2. The predicted octanol–water partition coefficient (Wildman–Crippen LogP) is 1.12. The first-order chi connectivity index (χ1) is 10.2. The number of likely N-dealkylation sites (tertiary alicyclic amines) is 1. The molecule has 1 aliphatic rings. The molecule has 21 heavy (non-hydrogen) atoms. The molecule has 1 unspecified atom stereocenters. The van der Waals surface area contributed by atoms with Gasteiger partial charge in [-0.3, -0.25) is 4.79 Å². The minimum Gasteiger partial charge on any atom is -0.472 e. The Morgan fingerprint density at radius 2 is 2.38 bits per heavy atom. The summed E-state index contributed by atoms with van der Waals surface area (Å²) in [6.45, 7) is 1.48. The van der Waals surface area contributed by atoms with E-state index in [-0.39, 0.29) is 18.6 Å². The van der Waals surface area contributed by atoms with Gasteiger partial charge in [-0.2, -0.15) is 5.10 Å². The maximum absolute atomic E-state index is 12.1. The minimum absolute atomic E-state index is 0.0154. The Morgan fingerprint density at radius 3 is 3.10 bits per heavy atom. The third kappa shape index (κ3) is 3.57. The second-order valence-electron chi connectivity index (χ2n) is 4.78. The summed E-state index contributed by atoms with van der Waals surface area (Å²) in [6, 6.07) is 3.69. The summed E-state index contributed by atoms with van der Waals surface area (Å²) in [4.78, 5) is 21.9. The molecule has 2 aromatic heterocycles. The van der Waals surface area contributed by atoms with E-state index < -0.39 is 0 Å². The summed E-state index contributed by atoms with van der Waals surface area (Å²) in [5, 5.41) is 3.93. The number of pyridine rings is 1. The van der Waals surface area contributed by atoms with Crippen LogP contribution in [0.15, 0.2) is 35.5 Å². The minimum atomic E-state index is -0.0154. The van der Waals surface area contributed by atoms with Crippen LogP contribution >= 0.6 is 15.9 Å². The molecule has 7 nitrogen and oxygen atoms in total.